The summed E-state index contributed by atoms with van der Waals surface area (Å²) in [5, 5.41) is 8.88. The van der Waals surface area contributed by atoms with Gasteiger partial charge in [-0.15, -0.1) is 0 Å². The molecule has 3 nitrogen and oxygen atoms in total. The summed E-state index contributed by atoms with van der Waals surface area (Å²) in [7, 11) is 0. The predicted molar refractivity (Wildman–Crippen MR) is 66.7 cm³/mol. The topological polar surface area (TPSA) is 63.3 Å². The number of carbonyl (C=O) groups is 1. The minimum absolute atomic E-state index is 0.109. The number of hydrogen-bond acceptors (Lipinski definition) is 2. The number of rotatable bonds is 4. The molecule has 1 aromatic rings. The fourth-order valence-corrected chi connectivity index (χ4v) is 2.25. The van der Waals surface area contributed by atoms with Crippen LogP contribution in [0.5, 0.6) is 0 Å². The van der Waals surface area contributed by atoms with Crippen molar-refractivity contribution >= 4 is 5.97 Å². The molecule has 3 atom stereocenters. The Labute approximate surface area is 102 Å². The Bertz CT molecular complexity index is 411. The van der Waals surface area contributed by atoms with Gasteiger partial charge in [-0.1, -0.05) is 38.1 Å². The first-order chi connectivity index (χ1) is 8.00. The molecule has 1 aliphatic rings. The Morgan fingerprint density at radius 1 is 1.29 bits per heavy atom. The molecule has 0 heterocycles. The minimum Gasteiger partial charge on any atom is -0.481 e. The van der Waals surface area contributed by atoms with E-state index >= 15 is 0 Å². The first-order valence-electron chi connectivity index (χ1n) is 6.09. The molecule has 1 fully saturated rings. The van der Waals surface area contributed by atoms with Crippen molar-refractivity contribution in [2.75, 3.05) is 0 Å². The highest BCUT2D eigenvalue weighted by Crippen LogP contribution is 2.46. The summed E-state index contributed by atoms with van der Waals surface area (Å²) >= 11 is 0. The molecule has 3 heteroatoms. The molecule has 0 saturated heterocycles. The van der Waals surface area contributed by atoms with Gasteiger partial charge in [0.1, 0.15) is 0 Å². The average molecular weight is 233 g/mol. The van der Waals surface area contributed by atoms with Gasteiger partial charge in [0, 0.05) is 6.04 Å². The van der Waals surface area contributed by atoms with E-state index in [0.717, 1.165) is 5.56 Å². The predicted octanol–water partition coefficient (Wildman–Crippen LogP) is 2.53. The molecule has 1 aliphatic carbocycles. The summed E-state index contributed by atoms with van der Waals surface area (Å²) in [5.41, 5.74) is 8.42. The lowest BCUT2D eigenvalue weighted by atomic mass is 9.97. The lowest BCUT2D eigenvalue weighted by Gasteiger charge is -2.13. The van der Waals surface area contributed by atoms with E-state index in [2.05, 4.69) is 26.0 Å². The minimum atomic E-state index is -0.718. The SMILES string of the molecule is CC(C)c1ccc(C(N)C2CC2C(=O)O)cc1. The van der Waals surface area contributed by atoms with Gasteiger partial charge in [0.2, 0.25) is 0 Å². The quantitative estimate of drug-likeness (QED) is 0.840. The van der Waals surface area contributed by atoms with Crippen molar-refractivity contribution < 1.29 is 9.90 Å². The monoisotopic (exact) mass is 233 g/mol. The first kappa shape index (κ1) is 12.1. The normalized spacial score (nSPS) is 24.7. The van der Waals surface area contributed by atoms with E-state index in [0.29, 0.717) is 12.3 Å². The molecule has 3 N–H and O–H groups in total. The van der Waals surface area contributed by atoms with Crippen LogP contribution in [-0.4, -0.2) is 11.1 Å². The highest BCUT2D eigenvalue weighted by Gasteiger charge is 2.47. The van der Waals surface area contributed by atoms with Gasteiger partial charge in [-0.05, 0) is 29.4 Å². The first-order valence-corrected chi connectivity index (χ1v) is 6.09. The number of carboxylic acids is 1. The van der Waals surface area contributed by atoms with Crippen molar-refractivity contribution in [3.05, 3.63) is 35.4 Å². The van der Waals surface area contributed by atoms with Gasteiger partial charge in [0.15, 0.2) is 0 Å². The van der Waals surface area contributed by atoms with Crippen molar-refractivity contribution in [3.63, 3.8) is 0 Å². The molecule has 0 amide bonds. The molecule has 2 rings (SSSR count). The summed E-state index contributed by atoms with van der Waals surface area (Å²) in [4.78, 5) is 10.8. The van der Waals surface area contributed by atoms with Crippen LogP contribution >= 0.6 is 0 Å². The van der Waals surface area contributed by atoms with Crippen LogP contribution in [0.25, 0.3) is 0 Å². The van der Waals surface area contributed by atoms with Crippen LogP contribution in [0, 0.1) is 11.8 Å². The lowest BCUT2D eigenvalue weighted by molar-refractivity contribution is -0.138. The summed E-state index contributed by atoms with van der Waals surface area (Å²) in [6.07, 6.45) is 0.711. The highest BCUT2D eigenvalue weighted by atomic mass is 16.4. The second-order valence-electron chi connectivity index (χ2n) is 5.19. The zero-order valence-corrected chi connectivity index (χ0v) is 10.3. The number of aliphatic carboxylic acids is 1. The van der Waals surface area contributed by atoms with Crippen LogP contribution in [0.15, 0.2) is 24.3 Å². The molecule has 17 heavy (non-hydrogen) atoms. The average Bonchev–Trinajstić information content (AvgIpc) is 3.08. The van der Waals surface area contributed by atoms with Gasteiger partial charge < -0.3 is 10.8 Å². The van der Waals surface area contributed by atoms with Crippen LogP contribution in [0.2, 0.25) is 0 Å². The standard InChI is InChI=1S/C14H19NO2/c1-8(2)9-3-5-10(6-4-9)13(15)11-7-12(11)14(16)17/h3-6,8,11-13H,7,15H2,1-2H3,(H,16,17). The van der Waals surface area contributed by atoms with Crippen molar-refractivity contribution in [3.8, 4) is 0 Å². The lowest BCUT2D eigenvalue weighted by Crippen LogP contribution is -2.15. The van der Waals surface area contributed by atoms with E-state index in [9.17, 15) is 4.79 Å². The Hall–Kier alpha value is -1.35. The van der Waals surface area contributed by atoms with E-state index in [1.54, 1.807) is 0 Å². The maximum atomic E-state index is 10.8. The molecule has 0 aliphatic heterocycles. The molecule has 0 spiro atoms. The Morgan fingerprint density at radius 3 is 2.24 bits per heavy atom. The Morgan fingerprint density at radius 2 is 1.82 bits per heavy atom. The number of hydrogen-bond donors (Lipinski definition) is 2. The molecule has 0 aromatic heterocycles. The van der Waals surface area contributed by atoms with Crippen molar-refractivity contribution in [2.24, 2.45) is 17.6 Å². The molecule has 0 bridgehead atoms. The summed E-state index contributed by atoms with van der Waals surface area (Å²) < 4.78 is 0. The molecular weight excluding hydrogens is 214 g/mol. The van der Waals surface area contributed by atoms with Crippen molar-refractivity contribution in [1.82, 2.24) is 0 Å². The van der Waals surface area contributed by atoms with Gasteiger partial charge in [-0.2, -0.15) is 0 Å². The Balaban J connectivity index is 2.06. The second kappa shape index (κ2) is 4.49. The van der Waals surface area contributed by atoms with Crippen molar-refractivity contribution in [2.45, 2.75) is 32.2 Å². The third kappa shape index (κ3) is 2.50. The van der Waals surface area contributed by atoms with Gasteiger partial charge >= 0.3 is 5.97 Å². The number of benzene rings is 1. The zero-order valence-electron chi connectivity index (χ0n) is 10.3. The van der Waals surface area contributed by atoms with Crippen molar-refractivity contribution in [1.29, 1.82) is 0 Å². The molecule has 1 aromatic carbocycles. The maximum Gasteiger partial charge on any atom is 0.306 e. The van der Waals surface area contributed by atoms with E-state index in [4.69, 9.17) is 10.8 Å². The van der Waals surface area contributed by atoms with E-state index < -0.39 is 5.97 Å². The van der Waals surface area contributed by atoms with Gasteiger partial charge in [0.25, 0.3) is 0 Å². The fourth-order valence-electron chi connectivity index (χ4n) is 2.25. The highest BCUT2D eigenvalue weighted by molar-refractivity contribution is 5.73. The van der Waals surface area contributed by atoms with E-state index in [1.165, 1.54) is 5.56 Å². The summed E-state index contributed by atoms with van der Waals surface area (Å²) in [6, 6.07) is 8.07. The summed E-state index contributed by atoms with van der Waals surface area (Å²) in [5.74, 6) is -0.343. The molecule has 1 saturated carbocycles. The third-order valence-corrected chi connectivity index (χ3v) is 3.61. The molecule has 92 valence electrons. The van der Waals surface area contributed by atoms with Crippen LogP contribution in [0.1, 0.15) is 43.4 Å². The molecular formula is C14H19NO2. The second-order valence-corrected chi connectivity index (χ2v) is 5.19. The Kier molecular flexibility index (Phi) is 3.20. The van der Waals surface area contributed by atoms with Crippen LogP contribution < -0.4 is 5.73 Å². The maximum absolute atomic E-state index is 10.8. The van der Waals surface area contributed by atoms with Crippen LogP contribution in [0.4, 0.5) is 0 Å². The van der Waals surface area contributed by atoms with Crippen LogP contribution in [-0.2, 0) is 4.79 Å². The number of carboxylic acid groups (broad SMARTS) is 1. The zero-order chi connectivity index (χ0) is 12.6. The number of nitrogens with two attached hydrogens (primary N) is 1. The fraction of sp³-hybridized carbons (Fsp3) is 0.500. The van der Waals surface area contributed by atoms with Gasteiger partial charge in [-0.3, -0.25) is 4.79 Å². The van der Waals surface area contributed by atoms with E-state index in [-0.39, 0.29) is 17.9 Å². The molecule has 3 unspecified atom stereocenters. The van der Waals surface area contributed by atoms with Gasteiger partial charge in [0.05, 0.1) is 5.92 Å². The summed E-state index contributed by atoms with van der Waals surface area (Å²) in [6.45, 7) is 4.30. The largest absolute Gasteiger partial charge is 0.481 e. The molecule has 0 radical (unpaired) electrons. The third-order valence-electron chi connectivity index (χ3n) is 3.61. The van der Waals surface area contributed by atoms with Gasteiger partial charge in [-0.25, -0.2) is 0 Å². The van der Waals surface area contributed by atoms with Crippen LogP contribution in [0.3, 0.4) is 0 Å². The smallest absolute Gasteiger partial charge is 0.306 e. The van der Waals surface area contributed by atoms with E-state index in [1.807, 2.05) is 12.1 Å².